The SMILES string of the molecule is CC(N)C(C)CN(C)Cc1cccnc1. The Hall–Kier alpha value is -0.930. The predicted molar refractivity (Wildman–Crippen MR) is 63.4 cm³/mol. The van der Waals surface area contributed by atoms with Gasteiger partial charge in [0.25, 0.3) is 0 Å². The number of pyridine rings is 1. The summed E-state index contributed by atoms with van der Waals surface area (Å²) in [6, 6.07) is 4.32. The number of hydrogen-bond acceptors (Lipinski definition) is 3. The summed E-state index contributed by atoms with van der Waals surface area (Å²) in [4.78, 5) is 6.38. The Morgan fingerprint density at radius 1 is 1.47 bits per heavy atom. The predicted octanol–water partition coefficient (Wildman–Crippen LogP) is 1.50. The first-order valence-corrected chi connectivity index (χ1v) is 5.42. The Labute approximate surface area is 92.3 Å². The molecule has 0 spiro atoms. The summed E-state index contributed by atoms with van der Waals surface area (Å²) in [5, 5.41) is 0. The Balaban J connectivity index is 2.39. The van der Waals surface area contributed by atoms with Crippen molar-refractivity contribution in [1.29, 1.82) is 0 Å². The largest absolute Gasteiger partial charge is 0.328 e. The molecule has 0 aliphatic heterocycles. The third-order valence-corrected chi connectivity index (χ3v) is 2.67. The van der Waals surface area contributed by atoms with Crippen LogP contribution in [0.15, 0.2) is 24.5 Å². The van der Waals surface area contributed by atoms with Gasteiger partial charge in [0.15, 0.2) is 0 Å². The van der Waals surface area contributed by atoms with Gasteiger partial charge in [-0.3, -0.25) is 4.98 Å². The highest BCUT2D eigenvalue weighted by molar-refractivity contribution is 5.07. The van der Waals surface area contributed by atoms with Gasteiger partial charge in [-0.1, -0.05) is 13.0 Å². The molecule has 0 aliphatic carbocycles. The third-order valence-electron chi connectivity index (χ3n) is 2.67. The van der Waals surface area contributed by atoms with Crippen LogP contribution in [0.2, 0.25) is 0 Å². The summed E-state index contributed by atoms with van der Waals surface area (Å²) in [6.45, 7) is 6.20. The molecule has 0 radical (unpaired) electrons. The Morgan fingerprint density at radius 3 is 2.73 bits per heavy atom. The smallest absolute Gasteiger partial charge is 0.0312 e. The zero-order valence-electron chi connectivity index (χ0n) is 9.85. The van der Waals surface area contributed by atoms with Crippen LogP contribution < -0.4 is 5.73 Å². The van der Waals surface area contributed by atoms with Crippen LogP contribution in [0.1, 0.15) is 19.4 Å². The minimum Gasteiger partial charge on any atom is -0.328 e. The van der Waals surface area contributed by atoms with Gasteiger partial charge in [0, 0.05) is 31.5 Å². The molecular formula is C12H21N3. The van der Waals surface area contributed by atoms with Crippen LogP contribution in [-0.4, -0.2) is 29.5 Å². The molecular weight excluding hydrogens is 186 g/mol. The van der Waals surface area contributed by atoms with E-state index in [1.165, 1.54) is 5.56 Å². The molecule has 0 bridgehead atoms. The molecule has 0 fully saturated rings. The number of hydrogen-bond donors (Lipinski definition) is 1. The molecule has 1 aromatic rings. The summed E-state index contributed by atoms with van der Waals surface area (Å²) in [7, 11) is 2.12. The zero-order chi connectivity index (χ0) is 11.3. The van der Waals surface area contributed by atoms with E-state index in [1.807, 2.05) is 12.3 Å². The number of aromatic nitrogens is 1. The van der Waals surface area contributed by atoms with Gasteiger partial charge in [-0.25, -0.2) is 0 Å². The maximum Gasteiger partial charge on any atom is 0.0312 e. The van der Waals surface area contributed by atoms with Gasteiger partial charge in [-0.2, -0.15) is 0 Å². The molecule has 0 aliphatic rings. The number of rotatable bonds is 5. The van der Waals surface area contributed by atoms with Crippen LogP contribution in [0.4, 0.5) is 0 Å². The van der Waals surface area contributed by atoms with Crippen molar-refractivity contribution in [3.05, 3.63) is 30.1 Å². The maximum absolute atomic E-state index is 5.84. The molecule has 1 aromatic heterocycles. The molecule has 2 N–H and O–H groups in total. The van der Waals surface area contributed by atoms with Crippen LogP contribution >= 0.6 is 0 Å². The van der Waals surface area contributed by atoms with Gasteiger partial charge >= 0.3 is 0 Å². The van der Waals surface area contributed by atoms with E-state index in [1.54, 1.807) is 6.20 Å². The molecule has 0 saturated heterocycles. The highest BCUT2D eigenvalue weighted by Gasteiger charge is 2.10. The summed E-state index contributed by atoms with van der Waals surface area (Å²) < 4.78 is 0. The number of nitrogens with zero attached hydrogens (tertiary/aromatic N) is 2. The van der Waals surface area contributed by atoms with Crippen molar-refractivity contribution in [2.45, 2.75) is 26.4 Å². The van der Waals surface area contributed by atoms with Crippen LogP contribution in [-0.2, 0) is 6.54 Å². The average molecular weight is 207 g/mol. The van der Waals surface area contributed by atoms with Gasteiger partial charge < -0.3 is 10.6 Å². The van der Waals surface area contributed by atoms with Crippen LogP contribution in [0.3, 0.4) is 0 Å². The first-order valence-electron chi connectivity index (χ1n) is 5.42. The molecule has 2 unspecified atom stereocenters. The quantitative estimate of drug-likeness (QED) is 0.795. The fourth-order valence-corrected chi connectivity index (χ4v) is 1.53. The van der Waals surface area contributed by atoms with E-state index < -0.39 is 0 Å². The average Bonchev–Trinajstić information content (AvgIpc) is 2.18. The maximum atomic E-state index is 5.84. The van der Waals surface area contributed by atoms with Crippen molar-refractivity contribution < 1.29 is 0 Å². The van der Waals surface area contributed by atoms with Crippen molar-refractivity contribution >= 4 is 0 Å². The van der Waals surface area contributed by atoms with Crippen LogP contribution in [0.5, 0.6) is 0 Å². The van der Waals surface area contributed by atoms with Crippen LogP contribution in [0, 0.1) is 5.92 Å². The van der Waals surface area contributed by atoms with E-state index >= 15 is 0 Å². The second-order valence-electron chi connectivity index (χ2n) is 4.39. The number of nitrogens with two attached hydrogens (primary N) is 1. The first-order chi connectivity index (χ1) is 7.09. The van der Waals surface area contributed by atoms with Crippen molar-refractivity contribution in [2.24, 2.45) is 11.7 Å². The molecule has 3 heteroatoms. The molecule has 2 atom stereocenters. The van der Waals surface area contributed by atoms with Crippen LogP contribution in [0.25, 0.3) is 0 Å². The molecule has 1 rings (SSSR count). The second kappa shape index (κ2) is 5.83. The topological polar surface area (TPSA) is 42.1 Å². The van der Waals surface area contributed by atoms with E-state index in [9.17, 15) is 0 Å². The van der Waals surface area contributed by atoms with Crippen molar-refractivity contribution in [3.63, 3.8) is 0 Å². The van der Waals surface area contributed by atoms with Gasteiger partial charge in [0.05, 0.1) is 0 Å². The lowest BCUT2D eigenvalue weighted by atomic mass is 10.0. The molecule has 0 aromatic carbocycles. The van der Waals surface area contributed by atoms with Gasteiger partial charge in [0.1, 0.15) is 0 Å². The summed E-state index contributed by atoms with van der Waals surface area (Å²) in [6.07, 6.45) is 3.71. The summed E-state index contributed by atoms with van der Waals surface area (Å²) in [5.74, 6) is 0.520. The van der Waals surface area contributed by atoms with Crippen molar-refractivity contribution in [2.75, 3.05) is 13.6 Å². The van der Waals surface area contributed by atoms with E-state index in [-0.39, 0.29) is 6.04 Å². The van der Waals surface area contributed by atoms with Crippen molar-refractivity contribution in [1.82, 2.24) is 9.88 Å². The standard InChI is InChI=1S/C12H21N3/c1-10(11(2)13)8-15(3)9-12-5-4-6-14-7-12/h4-7,10-11H,8-9,13H2,1-3H3. The van der Waals surface area contributed by atoms with E-state index in [0.29, 0.717) is 5.92 Å². The minimum atomic E-state index is 0.251. The van der Waals surface area contributed by atoms with Gasteiger partial charge in [-0.15, -0.1) is 0 Å². The molecule has 84 valence electrons. The Morgan fingerprint density at radius 2 is 2.20 bits per heavy atom. The lowest BCUT2D eigenvalue weighted by molar-refractivity contribution is 0.261. The minimum absolute atomic E-state index is 0.251. The molecule has 3 nitrogen and oxygen atoms in total. The lowest BCUT2D eigenvalue weighted by Gasteiger charge is -2.23. The Bertz CT molecular complexity index is 271. The third kappa shape index (κ3) is 4.40. The monoisotopic (exact) mass is 207 g/mol. The molecule has 0 saturated carbocycles. The lowest BCUT2D eigenvalue weighted by Crippen LogP contribution is -2.34. The van der Waals surface area contributed by atoms with Crippen molar-refractivity contribution in [3.8, 4) is 0 Å². The normalized spacial score (nSPS) is 15.3. The summed E-state index contributed by atoms with van der Waals surface area (Å²) >= 11 is 0. The zero-order valence-corrected chi connectivity index (χ0v) is 9.85. The van der Waals surface area contributed by atoms with E-state index in [0.717, 1.165) is 13.1 Å². The molecule has 1 heterocycles. The second-order valence-corrected chi connectivity index (χ2v) is 4.39. The fraction of sp³-hybridized carbons (Fsp3) is 0.583. The summed E-state index contributed by atoms with van der Waals surface area (Å²) in [5.41, 5.74) is 7.09. The van der Waals surface area contributed by atoms with Gasteiger partial charge in [-0.05, 0) is 31.5 Å². The Kier molecular flexibility index (Phi) is 4.72. The highest BCUT2D eigenvalue weighted by Crippen LogP contribution is 2.06. The van der Waals surface area contributed by atoms with E-state index in [4.69, 9.17) is 5.73 Å². The fourth-order valence-electron chi connectivity index (χ4n) is 1.53. The molecule has 15 heavy (non-hydrogen) atoms. The van der Waals surface area contributed by atoms with Gasteiger partial charge in [0.2, 0.25) is 0 Å². The highest BCUT2D eigenvalue weighted by atomic mass is 15.1. The molecule has 0 amide bonds. The first kappa shape index (κ1) is 12.1. The van der Waals surface area contributed by atoms with E-state index in [2.05, 4.69) is 36.8 Å².